The topological polar surface area (TPSA) is 94.7 Å². The van der Waals surface area contributed by atoms with Crippen LogP contribution in [-0.2, 0) is 9.59 Å². The lowest BCUT2D eigenvalue weighted by molar-refractivity contribution is -0.127. The minimum atomic E-state index is -0.363. The van der Waals surface area contributed by atoms with Crippen molar-refractivity contribution in [2.75, 3.05) is 29.2 Å². The molecular weight excluding hydrogens is 402 g/mol. The lowest BCUT2D eigenvalue weighted by atomic mass is 10.1. The van der Waals surface area contributed by atoms with Crippen molar-refractivity contribution in [1.29, 1.82) is 0 Å². The maximum atomic E-state index is 12.6. The highest BCUT2D eigenvalue weighted by Crippen LogP contribution is 2.27. The number of rotatable bonds is 7. The average Bonchev–Trinajstić information content (AvgIpc) is 3.19. The van der Waals surface area contributed by atoms with Crippen molar-refractivity contribution in [1.82, 2.24) is 16.1 Å². The molecule has 8 nitrogen and oxygen atoms in total. The molecule has 2 amide bonds. The third-order valence-electron chi connectivity index (χ3n) is 4.95. The average molecular weight is 428 g/mol. The summed E-state index contributed by atoms with van der Waals surface area (Å²) in [7, 11) is 0. The normalized spacial score (nSPS) is 22.9. The minimum absolute atomic E-state index is 0.0238. The summed E-state index contributed by atoms with van der Waals surface area (Å²) in [6.07, 6.45) is -0.180. The summed E-state index contributed by atoms with van der Waals surface area (Å²) >= 11 is 1.34. The van der Waals surface area contributed by atoms with E-state index in [1.54, 1.807) is 6.07 Å². The van der Waals surface area contributed by atoms with Crippen molar-refractivity contribution in [3.63, 3.8) is 0 Å². The summed E-state index contributed by atoms with van der Waals surface area (Å²) in [5.41, 5.74) is 4.55. The number of anilines is 2. The molecule has 3 unspecified atom stereocenters. The lowest BCUT2D eigenvalue weighted by Crippen LogP contribution is -2.63. The molecule has 0 aliphatic carbocycles. The standard InChI is InChI=1S/C21H25N5O3S/c1-2-29-17-11-7-6-10-16(17)23-18(27)13-30-21-24-19-15(20(28)25-21)12-22-26(19)14-8-4-3-5-9-14/h3-11,15,19,21-22,24H,2,12-13H2,1H3,(H,23,27)(H,25,28). The summed E-state index contributed by atoms with van der Waals surface area (Å²) in [6.45, 7) is 2.98. The molecule has 2 fully saturated rings. The van der Waals surface area contributed by atoms with E-state index in [1.165, 1.54) is 11.8 Å². The van der Waals surface area contributed by atoms with E-state index in [4.69, 9.17) is 4.74 Å². The zero-order chi connectivity index (χ0) is 20.9. The van der Waals surface area contributed by atoms with Gasteiger partial charge in [-0.05, 0) is 31.2 Å². The van der Waals surface area contributed by atoms with Gasteiger partial charge >= 0.3 is 0 Å². The van der Waals surface area contributed by atoms with Gasteiger partial charge in [0, 0.05) is 6.54 Å². The first-order valence-corrected chi connectivity index (χ1v) is 11.0. The summed E-state index contributed by atoms with van der Waals surface area (Å²) in [4.78, 5) is 25.0. The summed E-state index contributed by atoms with van der Waals surface area (Å²) in [6, 6.07) is 17.2. The number of benzene rings is 2. The van der Waals surface area contributed by atoms with Crippen LogP contribution in [0.15, 0.2) is 54.6 Å². The summed E-state index contributed by atoms with van der Waals surface area (Å²) in [5, 5.41) is 11.2. The highest BCUT2D eigenvalue weighted by atomic mass is 32.2. The SMILES string of the molecule is CCOc1ccccc1NC(=O)CSC1NC(=O)C2CNN(c3ccccc3)C2N1. The zero-order valence-corrected chi connectivity index (χ0v) is 17.4. The van der Waals surface area contributed by atoms with Crippen LogP contribution in [0.5, 0.6) is 5.75 Å². The molecule has 2 aromatic rings. The Morgan fingerprint density at radius 2 is 1.97 bits per heavy atom. The van der Waals surface area contributed by atoms with Crippen molar-refractivity contribution in [3.8, 4) is 5.75 Å². The van der Waals surface area contributed by atoms with Gasteiger partial charge in [0.25, 0.3) is 0 Å². The van der Waals surface area contributed by atoms with Crippen LogP contribution >= 0.6 is 11.8 Å². The van der Waals surface area contributed by atoms with Crippen LogP contribution < -0.4 is 31.1 Å². The van der Waals surface area contributed by atoms with Gasteiger partial charge in [-0.1, -0.05) is 30.3 Å². The molecule has 2 heterocycles. The molecule has 0 radical (unpaired) electrons. The first kappa shape index (κ1) is 20.5. The number of nitrogens with one attached hydrogen (secondary N) is 4. The second-order valence-electron chi connectivity index (χ2n) is 6.96. The first-order valence-electron chi connectivity index (χ1n) is 9.93. The molecule has 0 saturated carbocycles. The van der Waals surface area contributed by atoms with Gasteiger partial charge in [-0.2, -0.15) is 0 Å². The van der Waals surface area contributed by atoms with Crippen molar-refractivity contribution in [2.45, 2.75) is 18.6 Å². The Morgan fingerprint density at radius 1 is 1.20 bits per heavy atom. The third-order valence-corrected chi connectivity index (χ3v) is 5.97. The largest absolute Gasteiger partial charge is 0.492 e. The molecule has 9 heteroatoms. The quantitative estimate of drug-likeness (QED) is 0.535. The van der Waals surface area contributed by atoms with E-state index in [0.717, 1.165) is 5.69 Å². The van der Waals surface area contributed by atoms with Gasteiger partial charge in [0.05, 0.1) is 29.7 Å². The molecule has 3 atom stereocenters. The highest BCUT2D eigenvalue weighted by molar-refractivity contribution is 8.00. The molecule has 2 saturated heterocycles. The van der Waals surface area contributed by atoms with E-state index < -0.39 is 0 Å². The van der Waals surface area contributed by atoms with Crippen molar-refractivity contribution in [2.24, 2.45) is 5.92 Å². The number of carbonyl (C=O) groups excluding carboxylic acids is 2. The molecule has 2 aliphatic rings. The van der Waals surface area contributed by atoms with Gasteiger partial charge in [-0.3, -0.25) is 19.9 Å². The number of ether oxygens (including phenoxy) is 1. The Balaban J connectivity index is 1.35. The van der Waals surface area contributed by atoms with Crippen LogP contribution in [-0.4, -0.2) is 42.4 Å². The molecule has 2 aromatic carbocycles. The van der Waals surface area contributed by atoms with Crippen molar-refractivity contribution < 1.29 is 14.3 Å². The van der Waals surface area contributed by atoms with Gasteiger partial charge in [0.2, 0.25) is 11.8 Å². The third kappa shape index (κ3) is 4.53. The molecule has 4 rings (SSSR count). The van der Waals surface area contributed by atoms with Gasteiger partial charge in [0.15, 0.2) is 0 Å². The van der Waals surface area contributed by atoms with Crippen LogP contribution in [0.2, 0.25) is 0 Å². The fourth-order valence-corrected chi connectivity index (χ4v) is 4.40. The maximum Gasteiger partial charge on any atom is 0.234 e. The van der Waals surface area contributed by atoms with Crippen LogP contribution in [0.25, 0.3) is 0 Å². The Morgan fingerprint density at radius 3 is 2.77 bits per heavy atom. The van der Waals surface area contributed by atoms with Crippen molar-refractivity contribution >= 4 is 35.0 Å². The monoisotopic (exact) mass is 427 g/mol. The maximum absolute atomic E-state index is 12.6. The second kappa shape index (κ2) is 9.38. The highest BCUT2D eigenvalue weighted by Gasteiger charge is 2.44. The predicted octanol–water partition coefficient (Wildman–Crippen LogP) is 1.73. The molecule has 0 spiro atoms. The number of hydrogen-bond acceptors (Lipinski definition) is 7. The van der Waals surface area contributed by atoms with E-state index in [-0.39, 0.29) is 35.1 Å². The van der Waals surface area contributed by atoms with Crippen molar-refractivity contribution in [3.05, 3.63) is 54.6 Å². The predicted molar refractivity (Wildman–Crippen MR) is 118 cm³/mol. The molecule has 2 aliphatic heterocycles. The van der Waals surface area contributed by atoms with E-state index in [1.807, 2.05) is 60.5 Å². The smallest absolute Gasteiger partial charge is 0.234 e. The fourth-order valence-electron chi connectivity index (χ4n) is 3.57. The van der Waals surface area contributed by atoms with E-state index in [0.29, 0.717) is 24.6 Å². The number of hydrazine groups is 1. The van der Waals surface area contributed by atoms with Crippen LogP contribution in [0.1, 0.15) is 6.92 Å². The molecule has 0 bridgehead atoms. The molecule has 158 valence electrons. The first-order chi connectivity index (χ1) is 14.7. The fraction of sp³-hybridized carbons (Fsp3) is 0.333. The molecule has 30 heavy (non-hydrogen) atoms. The van der Waals surface area contributed by atoms with Gasteiger partial charge < -0.3 is 15.4 Å². The number of para-hydroxylation sites is 3. The van der Waals surface area contributed by atoms with Crippen LogP contribution in [0.4, 0.5) is 11.4 Å². The molecular formula is C21H25N5O3S. The number of hydrogen-bond donors (Lipinski definition) is 4. The van der Waals surface area contributed by atoms with Crippen LogP contribution in [0, 0.1) is 5.92 Å². The number of fused-ring (bicyclic) bond motifs is 1. The zero-order valence-electron chi connectivity index (χ0n) is 16.6. The van der Waals surface area contributed by atoms with E-state index in [9.17, 15) is 9.59 Å². The number of thioether (sulfide) groups is 1. The minimum Gasteiger partial charge on any atom is -0.492 e. The van der Waals surface area contributed by atoms with Crippen LogP contribution in [0.3, 0.4) is 0 Å². The van der Waals surface area contributed by atoms with Gasteiger partial charge in [-0.15, -0.1) is 11.8 Å². The Labute approximate surface area is 179 Å². The molecule has 4 N–H and O–H groups in total. The summed E-state index contributed by atoms with van der Waals surface area (Å²) in [5.74, 6) is 0.447. The Bertz CT molecular complexity index is 897. The Kier molecular flexibility index (Phi) is 6.41. The van der Waals surface area contributed by atoms with E-state index in [2.05, 4.69) is 21.4 Å². The van der Waals surface area contributed by atoms with E-state index >= 15 is 0 Å². The Hall–Kier alpha value is -2.75. The van der Waals surface area contributed by atoms with Gasteiger partial charge in [-0.25, -0.2) is 5.43 Å². The van der Waals surface area contributed by atoms with Gasteiger partial charge in [0.1, 0.15) is 17.4 Å². The lowest BCUT2D eigenvalue weighted by Gasteiger charge is -2.37. The number of nitrogens with zero attached hydrogens (tertiary/aromatic N) is 1. The molecule has 0 aromatic heterocycles. The second-order valence-corrected chi connectivity index (χ2v) is 8.06. The number of amides is 2. The number of carbonyl (C=O) groups is 2. The summed E-state index contributed by atoms with van der Waals surface area (Å²) < 4.78 is 5.54.